The third-order valence-electron chi connectivity index (χ3n) is 2.94. The molecular weight excluding hydrogens is 328 g/mol. The van der Waals surface area contributed by atoms with E-state index < -0.39 is 25.5 Å². The summed E-state index contributed by atoms with van der Waals surface area (Å²) in [6, 6.07) is 4.02. The molecule has 2 aromatic rings. The van der Waals surface area contributed by atoms with Gasteiger partial charge >= 0.3 is 5.69 Å². The first-order valence-corrected chi connectivity index (χ1v) is 8.55. The number of sulfonamides is 1. The quantitative estimate of drug-likeness (QED) is 0.651. The first-order chi connectivity index (χ1) is 10.2. The molecule has 10 heteroatoms. The van der Waals surface area contributed by atoms with Crippen molar-refractivity contribution in [2.75, 3.05) is 11.9 Å². The van der Waals surface area contributed by atoms with Crippen molar-refractivity contribution in [2.24, 2.45) is 5.14 Å². The standard InChI is InChI=1S/C12H14N4O4S2/c1-8-14-9(7-21-8)6-15(2)10-4-3-5-11(22(13,19)20)12(10)16(17)18/h3-5,7H,6H2,1-2H3,(H2,13,19,20). The lowest BCUT2D eigenvalue weighted by Gasteiger charge is -2.18. The number of aryl methyl sites for hydroxylation is 1. The van der Waals surface area contributed by atoms with Gasteiger partial charge in [-0.3, -0.25) is 10.1 Å². The van der Waals surface area contributed by atoms with E-state index in [1.165, 1.54) is 23.5 Å². The topological polar surface area (TPSA) is 119 Å². The Hall–Kier alpha value is -2.04. The van der Waals surface area contributed by atoms with Crippen LogP contribution in [0.5, 0.6) is 0 Å². The second-order valence-electron chi connectivity index (χ2n) is 4.64. The predicted molar refractivity (Wildman–Crippen MR) is 83.4 cm³/mol. The van der Waals surface area contributed by atoms with Gasteiger partial charge in [0.2, 0.25) is 10.0 Å². The van der Waals surface area contributed by atoms with E-state index in [1.807, 2.05) is 12.3 Å². The Morgan fingerprint density at radius 1 is 1.45 bits per heavy atom. The monoisotopic (exact) mass is 342 g/mol. The Morgan fingerprint density at radius 3 is 2.64 bits per heavy atom. The summed E-state index contributed by atoms with van der Waals surface area (Å²) in [6.07, 6.45) is 0. The normalized spacial score (nSPS) is 11.4. The molecule has 0 spiro atoms. The molecule has 22 heavy (non-hydrogen) atoms. The molecule has 0 aliphatic heterocycles. The number of rotatable bonds is 5. The SMILES string of the molecule is Cc1nc(CN(C)c2cccc(S(N)(=O)=O)c2[N+](=O)[O-])cs1. The molecule has 0 amide bonds. The maximum absolute atomic E-state index is 11.5. The summed E-state index contributed by atoms with van der Waals surface area (Å²) >= 11 is 1.47. The maximum atomic E-state index is 11.5. The number of primary sulfonamides is 1. The van der Waals surface area contributed by atoms with Crippen LogP contribution in [0.25, 0.3) is 0 Å². The van der Waals surface area contributed by atoms with E-state index in [-0.39, 0.29) is 5.69 Å². The molecule has 1 heterocycles. The zero-order chi connectivity index (χ0) is 16.5. The summed E-state index contributed by atoms with van der Waals surface area (Å²) in [4.78, 5) is 15.9. The lowest BCUT2D eigenvalue weighted by atomic mass is 10.2. The maximum Gasteiger partial charge on any atom is 0.312 e. The fourth-order valence-electron chi connectivity index (χ4n) is 2.04. The predicted octanol–water partition coefficient (Wildman–Crippen LogP) is 1.64. The summed E-state index contributed by atoms with van der Waals surface area (Å²) in [7, 11) is -2.56. The van der Waals surface area contributed by atoms with Crippen LogP contribution in [0.2, 0.25) is 0 Å². The summed E-state index contributed by atoms with van der Waals surface area (Å²) in [5.74, 6) is 0. The fourth-order valence-corrected chi connectivity index (χ4v) is 3.36. The number of nitro benzene ring substituents is 1. The second kappa shape index (κ2) is 5.99. The van der Waals surface area contributed by atoms with Crippen molar-refractivity contribution in [2.45, 2.75) is 18.4 Å². The highest BCUT2D eigenvalue weighted by atomic mass is 32.2. The van der Waals surface area contributed by atoms with E-state index in [4.69, 9.17) is 5.14 Å². The molecule has 0 saturated heterocycles. The van der Waals surface area contributed by atoms with Crippen molar-refractivity contribution in [1.82, 2.24) is 4.98 Å². The van der Waals surface area contributed by atoms with Gasteiger partial charge in [0, 0.05) is 12.4 Å². The van der Waals surface area contributed by atoms with E-state index in [0.717, 1.165) is 16.8 Å². The van der Waals surface area contributed by atoms with Gasteiger partial charge in [0.05, 0.1) is 22.2 Å². The number of para-hydroxylation sites is 1. The van der Waals surface area contributed by atoms with Gasteiger partial charge in [-0.15, -0.1) is 11.3 Å². The van der Waals surface area contributed by atoms with Crippen LogP contribution in [0.1, 0.15) is 10.7 Å². The molecule has 0 saturated carbocycles. The summed E-state index contributed by atoms with van der Waals surface area (Å²) in [5, 5.41) is 19.1. The number of aromatic nitrogens is 1. The van der Waals surface area contributed by atoms with E-state index in [0.29, 0.717) is 6.54 Å². The fraction of sp³-hybridized carbons (Fsp3) is 0.250. The van der Waals surface area contributed by atoms with E-state index in [9.17, 15) is 18.5 Å². The molecule has 2 rings (SSSR count). The Kier molecular flexibility index (Phi) is 4.44. The summed E-state index contributed by atoms with van der Waals surface area (Å²) < 4.78 is 23.1. The minimum absolute atomic E-state index is 0.169. The Balaban J connectivity index is 2.48. The molecular formula is C12H14N4O4S2. The molecule has 0 bridgehead atoms. The molecule has 0 radical (unpaired) electrons. The van der Waals surface area contributed by atoms with Crippen LogP contribution in [0, 0.1) is 17.0 Å². The van der Waals surface area contributed by atoms with Crippen molar-refractivity contribution >= 4 is 32.7 Å². The van der Waals surface area contributed by atoms with Gasteiger partial charge in [-0.1, -0.05) is 6.07 Å². The Labute approximate surface area is 131 Å². The highest BCUT2D eigenvalue weighted by molar-refractivity contribution is 7.89. The summed E-state index contributed by atoms with van der Waals surface area (Å²) in [5.41, 5.74) is 0.391. The van der Waals surface area contributed by atoms with Crippen LogP contribution >= 0.6 is 11.3 Å². The zero-order valence-electron chi connectivity index (χ0n) is 11.9. The van der Waals surface area contributed by atoms with E-state index in [1.54, 1.807) is 11.9 Å². The molecule has 2 N–H and O–H groups in total. The van der Waals surface area contributed by atoms with Crippen molar-refractivity contribution < 1.29 is 13.3 Å². The Morgan fingerprint density at radius 2 is 2.14 bits per heavy atom. The van der Waals surface area contributed by atoms with Gasteiger partial charge in [-0.25, -0.2) is 18.5 Å². The lowest BCUT2D eigenvalue weighted by molar-refractivity contribution is -0.387. The molecule has 1 aromatic heterocycles. The molecule has 0 unspecified atom stereocenters. The number of hydrogen-bond acceptors (Lipinski definition) is 7. The smallest absolute Gasteiger partial charge is 0.312 e. The molecule has 0 aliphatic carbocycles. The van der Waals surface area contributed by atoms with Gasteiger partial charge in [0.15, 0.2) is 4.90 Å². The van der Waals surface area contributed by atoms with Crippen molar-refractivity contribution in [3.8, 4) is 0 Å². The van der Waals surface area contributed by atoms with Gasteiger partial charge in [0.1, 0.15) is 5.69 Å². The van der Waals surface area contributed by atoms with Crippen molar-refractivity contribution in [3.63, 3.8) is 0 Å². The first kappa shape index (κ1) is 16.3. The number of nitrogens with zero attached hydrogens (tertiary/aromatic N) is 3. The van der Waals surface area contributed by atoms with Crippen molar-refractivity contribution in [3.05, 3.63) is 44.4 Å². The Bertz CT molecular complexity index is 816. The van der Waals surface area contributed by atoms with Crippen molar-refractivity contribution in [1.29, 1.82) is 0 Å². The second-order valence-corrected chi connectivity index (χ2v) is 7.23. The number of benzene rings is 1. The number of hydrogen-bond donors (Lipinski definition) is 1. The third-order valence-corrected chi connectivity index (χ3v) is 4.71. The van der Waals surface area contributed by atoms with E-state index >= 15 is 0 Å². The highest BCUT2D eigenvalue weighted by Crippen LogP contribution is 2.34. The van der Waals surface area contributed by atoms with Crippen LogP contribution in [0.3, 0.4) is 0 Å². The van der Waals surface area contributed by atoms with Gasteiger partial charge < -0.3 is 4.90 Å². The zero-order valence-corrected chi connectivity index (χ0v) is 13.5. The van der Waals surface area contributed by atoms with Crippen LogP contribution in [0.4, 0.5) is 11.4 Å². The number of nitro groups is 1. The van der Waals surface area contributed by atoms with Crippen LogP contribution in [-0.4, -0.2) is 25.4 Å². The molecule has 1 aromatic carbocycles. The van der Waals surface area contributed by atoms with Gasteiger partial charge in [0.25, 0.3) is 0 Å². The average Bonchev–Trinajstić information content (AvgIpc) is 2.82. The van der Waals surface area contributed by atoms with Gasteiger partial charge in [-0.05, 0) is 19.1 Å². The average molecular weight is 342 g/mol. The third kappa shape index (κ3) is 3.40. The highest BCUT2D eigenvalue weighted by Gasteiger charge is 2.28. The lowest BCUT2D eigenvalue weighted by Crippen LogP contribution is -2.20. The largest absolute Gasteiger partial charge is 0.363 e. The number of nitrogens with two attached hydrogens (primary N) is 1. The number of anilines is 1. The molecule has 8 nitrogen and oxygen atoms in total. The minimum atomic E-state index is -4.19. The number of thiazole rings is 1. The first-order valence-electron chi connectivity index (χ1n) is 6.12. The molecule has 118 valence electrons. The van der Waals surface area contributed by atoms with Gasteiger partial charge in [-0.2, -0.15) is 0 Å². The van der Waals surface area contributed by atoms with Crippen LogP contribution in [-0.2, 0) is 16.6 Å². The van der Waals surface area contributed by atoms with E-state index in [2.05, 4.69) is 4.98 Å². The van der Waals surface area contributed by atoms with Crippen LogP contribution < -0.4 is 10.0 Å². The molecule has 0 atom stereocenters. The molecule has 0 fully saturated rings. The molecule has 0 aliphatic rings. The van der Waals surface area contributed by atoms with Crippen LogP contribution in [0.15, 0.2) is 28.5 Å². The summed E-state index contributed by atoms with van der Waals surface area (Å²) in [6.45, 7) is 2.18. The minimum Gasteiger partial charge on any atom is -0.363 e.